The van der Waals surface area contributed by atoms with Crippen LogP contribution in [0.25, 0.3) is 0 Å². The number of hydrogen-bond donors (Lipinski definition) is 1. The number of carboxylic acids is 1. The predicted octanol–water partition coefficient (Wildman–Crippen LogP) is 8.08. The molecule has 1 amide bonds. The fraction of sp³-hybridized carbons (Fsp3) is 0.500. The highest BCUT2D eigenvalue weighted by molar-refractivity contribution is 6.76. The van der Waals surface area contributed by atoms with Gasteiger partial charge in [-0.2, -0.15) is 0 Å². The zero-order valence-corrected chi connectivity index (χ0v) is 39.2. The second-order valence-electron chi connectivity index (χ2n) is 18.8. The molecule has 1 heterocycles. The van der Waals surface area contributed by atoms with E-state index in [9.17, 15) is 24.3 Å². The lowest BCUT2D eigenvalue weighted by atomic mass is 9.85. The van der Waals surface area contributed by atoms with Crippen LogP contribution in [0.1, 0.15) is 51.2 Å². The summed E-state index contributed by atoms with van der Waals surface area (Å²) in [7, 11) is -3.49. The van der Waals surface area contributed by atoms with Gasteiger partial charge in [-0.1, -0.05) is 99.9 Å². The molecule has 0 radical (unpaired) electrons. The third-order valence-electron chi connectivity index (χ3n) is 9.99. The van der Waals surface area contributed by atoms with Gasteiger partial charge in [0.2, 0.25) is 0 Å². The molecule has 4 atom stereocenters. The zero-order valence-electron chi connectivity index (χ0n) is 37.2. The summed E-state index contributed by atoms with van der Waals surface area (Å²) < 4.78 is 35.0. The molecule has 4 rings (SSSR count). The minimum atomic E-state index is -2.99. The Kier molecular flexibility index (Phi) is 16.7. The molecular weight excluding hydrogens is 815 g/mol. The highest BCUT2D eigenvalue weighted by atomic mass is 28.3. The first-order chi connectivity index (χ1) is 28.5. The fourth-order valence-corrected chi connectivity index (χ4v) is 8.02. The van der Waals surface area contributed by atoms with Crippen LogP contribution in [0.15, 0.2) is 84.9 Å². The molecule has 1 aliphatic rings. The summed E-state index contributed by atoms with van der Waals surface area (Å²) in [5.74, 6) is -8.26. The maximum Gasteiger partial charge on any atom is 0.379 e. The summed E-state index contributed by atoms with van der Waals surface area (Å²) in [5, 5.41) is 10.3. The van der Waals surface area contributed by atoms with Crippen molar-refractivity contribution in [2.45, 2.75) is 127 Å². The Balaban J connectivity index is 1.77. The van der Waals surface area contributed by atoms with Gasteiger partial charge >= 0.3 is 29.7 Å². The average molecular weight is 878 g/mol. The number of carbonyl (C=O) groups is 5. The Morgan fingerprint density at radius 2 is 1.23 bits per heavy atom. The second-order valence-corrected chi connectivity index (χ2v) is 30.1. The minimum Gasteiger partial charge on any atom is -0.480 e. The molecule has 0 aromatic heterocycles. The highest BCUT2D eigenvalue weighted by Gasteiger charge is 2.66. The first-order valence-electron chi connectivity index (χ1n) is 20.8. The number of amides is 1. The van der Waals surface area contributed by atoms with Gasteiger partial charge in [0.05, 0.1) is 13.2 Å². The SMILES string of the molecule is C[C@H]([C@H](CCc1ccccc1)c1ccc(Oc2ccccc2)cc1)N(CC(=O)O)C(=O)[C@H]1OC(C(=O)OCC[Si](C)(C)C)(C(=O)OCC[Si](C)(C)C)O[C@@H]1C(=O)OC(C)(C)C. The van der Waals surface area contributed by atoms with E-state index in [1.807, 2.05) is 72.8 Å². The molecule has 3 aromatic rings. The molecule has 0 aliphatic carbocycles. The van der Waals surface area contributed by atoms with Crippen molar-refractivity contribution in [3.63, 3.8) is 0 Å². The minimum absolute atomic E-state index is 0.0820. The molecular formula is C46H63NO12Si2. The molecule has 1 fully saturated rings. The fourth-order valence-electron chi connectivity index (χ4n) is 6.60. The number of aryl methyl sites for hydroxylation is 1. The normalized spacial score (nSPS) is 17.4. The average Bonchev–Trinajstić information content (AvgIpc) is 3.59. The first kappa shape index (κ1) is 48.8. The van der Waals surface area contributed by atoms with Gasteiger partial charge in [0.15, 0.2) is 12.2 Å². The first-order valence-corrected chi connectivity index (χ1v) is 28.2. The Morgan fingerprint density at radius 3 is 1.72 bits per heavy atom. The van der Waals surface area contributed by atoms with Crippen molar-refractivity contribution < 1.29 is 57.5 Å². The predicted molar refractivity (Wildman–Crippen MR) is 236 cm³/mol. The number of carboxylic acid groups (broad SMARTS) is 1. The smallest absolute Gasteiger partial charge is 0.379 e. The van der Waals surface area contributed by atoms with Gasteiger partial charge in [-0.25, -0.2) is 14.4 Å². The summed E-state index contributed by atoms with van der Waals surface area (Å²) >= 11 is 0. The van der Waals surface area contributed by atoms with Crippen LogP contribution in [0.4, 0.5) is 0 Å². The van der Waals surface area contributed by atoms with Crippen LogP contribution in [0.5, 0.6) is 11.5 Å². The highest BCUT2D eigenvalue weighted by Crippen LogP contribution is 2.37. The Bertz CT molecular complexity index is 1910. The van der Waals surface area contributed by atoms with Crippen molar-refractivity contribution in [3.8, 4) is 11.5 Å². The number of esters is 3. The van der Waals surface area contributed by atoms with E-state index in [1.54, 1.807) is 39.8 Å². The van der Waals surface area contributed by atoms with Crippen molar-refractivity contribution in [2.75, 3.05) is 19.8 Å². The van der Waals surface area contributed by atoms with E-state index >= 15 is 4.79 Å². The number of nitrogens with zero attached hydrogens (tertiary/aromatic N) is 1. The molecule has 13 nitrogen and oxygen atoms in total. The van der Waals surface area contributed by atoms with Crippen LogP contribution in [-0.2, 0) is 54.1 Å². The number of ether oxygens (including phenoxy) is 6. The molecule has 15 heteroatoms. The maximum absolute atomic E-state index is 15.0. The van der Waals surface area contributed by atoms with Crippen molar-refractivity contribution in [1.82, 2.24) is 4.90 Å². The largest absolute Gasteiger partial charge is 0.480 e. The molecule has 61 heavy (non-hydrogen) atoms. The molecule has 3 aromatic carbocycles. The Morgan fingerprint density at radius 1 is 0.738 bits per heavy atom. The van der Waals surface area contributed by atoms with Crippen molar-refractivity contribution in [1.29, 1.82) is 0 Å². The number of carbonyl (C=O) groups excluding carboxylic acids is 4. The lowest BCUT2D eigenvalue weighted by Crippen LogP contribution is -2.54. The monoisotopic (exact) mass is 877 g/mol. The van der Waals surface area contributed by atoms with Crippen LogP contribution in [0.3, 0.4) is 0 Å². The van der Waals surface area contributed by atoms with Crippen LogP contribution in [-0.4, -0.2) is 105 Å². The lowest BCUT2D eigenvalue weighted by Gasteiger charge is -2.36. The van der Waals surface area contributed by atoms with Crippen LogP contribution < -0.4 is 4.74 Å². The standard InChI is InChI=1S/C46H63NO12Si2/c1-32(37(26-21-33-17-13-11-14-18-33)34-22-24-36(25-23-34)56-35-19-15-12-16-20-35)47(31-38(48)49)41(50)39-40(42(51)59-45(2,3)4)58-46(57-39,43(52)54-27-29-60(5,6)7)44(53)55-28-30-61(8,9)10/h11-20,22-25,32,37,39-40H,21,26-31H2,1-10H3,(H,48,49)/t32-,37+,39+,40+/m1/s1. The van der Waals surface area contributed by atoms with Gasteiger partial charge in [0.25, 0.3) is 5.91 Å². The van der Waals surface area contributed by atoms with E-state index in [0.717, 1.165) is 16.0 Å². The maximum atomic E-state index is 15.0. The number of aliphatic carboxylic acids is 1. The van der Waals surface area contributed by atoms with Crippen molar-refractivity contribution in [3.05, 3.63) is 96.1 Å². The molecule has 332 valence electrons. The van der Waals surface area contributed by atoms with Gasteiger partial charge in [0, 0.05) is 28.1 Å². The number of benzene rings is 3. The van der Waals surface area contributed by atoms with Crippen LogP contribution >= 0.6 is 0 Å². The van der Waals surface area contributed by atoms with Gasteiger partial charge in [0.1, 0.15) is 23.6 Å². The summed E-state index contributed by atoms with van der Waals surface area (Å²) in [4.78, 5) is 70.9. The summed E-state index contributed by atoms with van der Waals surface area (Å²) in [5.41, 5.74) is 0.718. The zero-order chi connectivity index (χ0) is 45.2. The van der Waals surface area contributed by atoms with Crippen molar-refractivity contribution >= 4 is 45.9 Å². The van der Waals surface area contributed by atoms with E-state index in [2.05, 4.69) is 39.3 Å². The van der Waals surface area contributed by atoms with E-state index in [-0.39, 0.29) is 13.2 Å². The van der Waals surface area contributed by atoms with E-state index in [0.29, 0.717) is 36.4 Å². The van der Waals surface area contributed by atoms with Gasteiger partial charge < -0.3 is 38.4 Å². The lowest BCUT2D eigenvalue weighted by molar-refractivity contribution is -0.228. The molecule has 1 saturated heterocycles. The van der Waals surface area contributed by atoms with Gasteiger partial charge in [-0.15, -0.1) is 0 Å². The number of hydrogen-bond acceptors (Lipinski definition) is 11. The van der Waals surface area contributed by atoms with Gasteiger partial charge in [-0.05, 0) is 88.0 Å². The number of rotatable bonds is 20. The summed E-state index contributed by atoms with van der Waals surface area (Å²) in [6.07, 6.45) is -2.95. The second kappa shape index (κ2) is 20.8. The topological polar surface area (TPSA) is 164 Å². The molecule has 0 spiro atoms. The Hall–Kier alpha value is -4.84. The van der Waals surface area contributed by atoms with Crippen LogP contribution in [0, 0.1) is 0 Å². The van der Waals surface area contributed by atoms with Crippen LogP contribution in [0.2, 0.25) is 51.4 Å². The van der Waals surface area contributed by atoms with Gasteiger partial charge in [-0.3, -0.25) is 9.59 Å². The number of para-hydroxylation sites is 1. The Labute approximate surface area is 362 Å². The van der Waals surface area contributed by atoms with Crippen molar-refractivity contribution in [2.24, 2.45) is 0 Å². The van der Waals surface area contributed by atoms with E-state index in [1.165, 1.54) is 0 Å². The quantitative estimate of drug-likeness (QED) is 0.0503. The molecule has 0 bridgehead atoms. The molecule has 1 N–H and O–H groups in total. The van der Waals surface area contributed by atoms with E-state index < -0.39 is 88.0 Å². The third kappa shape index (κ3) is 14.6. The summed E-state index contributed by atoms with van der Waals surface area (Å²) in [6.45, 7) is 18.0. The summed E-state index contributed by atoms with van der Waals surface area (Å²) in [6, 6.07) is 26.6. The van der Waals surface area contributed by atoms with E-state index in [4.69, 9.17) is 28.4 Å². The third-order valence-corrected chi connectivity index (χ3v) is 13.4. The molecule has 0 unspecified atom stereocenters. The molecule has 0 saturated carbocycles. The molecule has 1 aliphatic heterocycles.